The molecule has 1 fully saturated rings. The molecule has 3 N–H and O–H groups in total. The average Bonchev–Trinajstić information content (AvgIpc) is 3.41. The Bertz CT molecular complexity index is 1430. The number of nitrogens with zero attached hydrogens (tertiary/aromatic N) is 4. The van der Waals surface area contributed by atoms with E-state index < -0.39 is 0 Å². The fourth-order valence-electron chi connectivity index (χ4n) is 4.66. The summed E-state index contributed by atoms with van der Waals surface area (Å²) in [6.07, 6.45) is 3.43. The number of carbonyl (C=O) groups is 2. The Labute approximate surface area is 229 Å². The molecule has 2 amide bonds. The first-order valence-corrected chi connectivity index (χ1v) is 13.4. The highest BCUT2D eigenvalue weighted by molar-refractivity contribution is 6.04. The predicted octanol–water partition coefficient (Wildman–Crippen LogP) is 5.07. The molecule has 5 rings (SSSR count). The lowest BCUT2D eigenvalue weighted by Crippen LogP contribution is -2.49. The summed E-state index contributed by atoms with van der Waals surface area (Å²) in [6, 6.07) is 19.5. The highest BCUT2D eigenvalue weighted by Crippen LogP contribution is 2.29. The van der Waals surface area contributed by atoms with Gasteiger partial charge in [-0.15, -0.1) is 0 Å². The minimum Gasteiger partial charge on any atom is -0.369 e. The van der Waals surface area contributed by atoms with Crippen molar-refractivity contribution in [2.75, 3.05) is 48.8 Å². The van der Waals surface area contributed by atoms with Crippen LogP contribution < -0.4 is 25.8 Å². The van der Waals surface area contributed by atoms with E-state index in [9.17, 15) is 9.59 Å². The van der Waals surface area contributed by atoms with E-state index in [1.807, 2.05) is 86.5 Å². The van der Waals surface area contributed by atoms with Crippen LogP contribution in [0.5, 0.6) is 0 Å². The van der Waals surface area contributed by atoms with Gasteiger partial charge in [0.15, 0.2) is 0 Å². The van der Waals surface area contributed by atoms with Crippen LogP contribution in [-0.2, 0) is 0 Å². The fourth-order valence-corrected chi connectivity index (χ4v) is 4.66. The van der Waals surface area contributed by atoms with Crippen molar-refractivity contribution in [1.29, 1.82) is 0 Å². The van der Waals surface area contributed by atoms with Crippen molar-refractivity contribution < 1.29 is 9.59 Å². The van der Waals surface area contributed by atoms with Gasteiger partial charge in [-0.25, -0.2) is 9.78 Å². The third-order valence-electron chi connectivity index (χ3n) is 6.73. The third kappa shape index (κ3) is 6.21. The molecule has 1 aliphatic rings. The molecule has 0 spiro atoms. The molecule has 39 heavy (non-hydrogen) atoms. The van der Waals surface area contributed by atoms with Gasteiger partial charge in [-0.05, 0) is 61.5 Å². The van der Waals surface area contributed by atoms with E-state index in [-0.39, 0.29) is 11.9 Å². The fraction of sp³-hybridized carbons (Fsp3) is 0.300. The minimum absolute atomic E-state index is 0.182. The Morgan fingerprint density at radius 2 is 1.77 bits per heavy atom. The van der Waals surface area contributed by atoms with E-state index in [1.54, 1.807) is 24.0 Å². The molecule has 1 saturated heterocycles. The summed E-state index contributed by atoms with van der Waals surface area (Å²) in [5.74, 6) is 0.269. The van der Waals surface area contributed by atoms with Gasteiger partial charge in [0.2, 0.25) is 0 Å². The molecule has 1 atom stereocenters. The zero-order valence-corrected chi connectivity index (χ0v) is 23.2. The van der Waals surface area contributed by atoms with Gasteiger partial charge in [-0.3, -0.25) is 9.36 Å². The Hall–Kier alpha value is -4.37. The second-order valence-electron chi connectivity index (χ2n) is 9.24. The van der Waals surface area contributed by atoms with Crippen molar-refractivity contribution in [3.63, 3.8) is 0 Å². The Morgan fingerprint density at radius 1 is 1.03 bits per heavy atom. The van der Waals surface area contributed by atoms with E-state index in [1.165, 1.54) is 0 Å². The smallest absolute Gasteiger partial charge is 0.325 e. The van der Waals surface area contributed by atoms with Crippen LogP contribution in [-0.4, -0.2) is 61.3 Å². The standard InChI is InChI=1S/C28H31N7O2.C2H6/c1-19-18-34(15-13-30-19)22-6-4-20(5-7-22)27(36)32-26-17-24(10-12-31-26)33(3)23-8-9-25-21(16-23)11-14-35(25)28(37)29-2;1-2/h4-12,14,16-17,19,30H,13,15,18H2,1-3H3,(H,29,37)(H,31,32,36);1-2H3. The molecule has 0 bridgehead atoms. The van der Waals surface area contributed by atoms with Crippen molar-refractivity contribution in [2.24, 2.45) is 0 Å². The first-order chi connectivity index (χ1) is 18.9. The van der Waals surface area contributed by atoms with Gasteiger partial charge in [-0.1, -0.05) is 13.8 Å². The maximum Gasteiger partial charge on any atom is 0.325 e. The van der Waals surface area contributed by atoms with Crippen LogP contribution >= 0.6 is 0 Å². The van der Waals surface area contributed by atoms with E-state index >= 15 is 0 Å². The van der Waals surface area contributed by atoms with E-state index in [4.69, 9.17) is 0 Å². The molecule has 9 heteroatoms. The number of benzene rings is 2. The Morgan fingerprint density at radius 3 is 2.49 bits per heavy atom. The number of carbonyl (C=O) groups excluding carboxylic acids is 2. The second-order valence-corrected chi connectivity index (χ2v) is 9.24. The van der Waals surface area contributed by atoms with Crippen LogP contribution in [0.25, 0.3) is 10.9 Å². The number of anilines is 4. The van der Waals surface area contributed by atoms with Gasteiger partial charge in [0.25, 0.3) is 5.91 Å². The average molecular weight is 528 g/mol. The van der Waals surface area contributed by atoms with Crippen LogP contribution in [0.4, 0.5) is 27.7 Å². The predicted molar refractivity (Wildman–Crippen MR) is 160 cm³/mol. The van der Waals surface area contributed by atoms with Crippen LogP contribution in [0.3, 0.4) is 0 Å². The monoisotopic (exact) mass is 527 g/mol. The number of aromatic nitrogens is 2. The first kappa shape index (κ1) is 27.7. The maximum absolute atomic E-state index is 12.9. The summed E-state index contributed by atoms with van der Waals surface area (Å²) >= 11 is 0. The number of nitrogens with one attached hydrogen (secondary N) is 3. The van der Waals surface area contributed by atoms with Gasteiger partial charge in [0.05, 0.1) is 5.52 Å². The van der Waals surface area contributed by atoms with Gasteiger partial charge < -0.3 is 25.8 Å². The van der Waals surface area contributed by atoms with E-state index in [0.717, 1.165) is 47.6 Å². The van der Waals surface area contributed by atoms with Crippen LogP contribution in [0, 0.1) is 0 Å². The summed E-state index contributed by atoms with van der Waals surface area (Å²) < 4.78 is 1.58. The van der Waals surface area contributed by atoms with Gasteiger partial charge in [-0.2, -0.15) is 0 Å². The van der Waals surface area contributed by atoms with Crippen molar-refractivity contribution >= 4 is 45.7 Å². The quantitative estimate of drug-likeness (QED) is 0.336. The topological polar surface area (TPSA) is 94.5 Å². The van der Waals surface area contributed by atoms with Gasteiger partial charge in [0, 0.05) is 86.2 Å². The zero-order chi connectivity index (χ0) is 27.9. The summed E-state index contributed by atoms with van der Waals surface area (Å²) in [6.45, 7) is 9.03. The lowest BCUT2D eigenvalue weighted by atomic mass is 10.1. The molecule has 2 aromatic heterocycles. The summed E-state index contributed by atoms with van der Waals surface area (Å²) in [5.41, 5.74) is 4.35. The highest BCUT2D eigenvalue weighted by Gasteiger charge is 2.17. The van der Waals surface area contributed by atoms with Crippen LogP contribution in [0.1, 0.15) is 31.1 Å². The Balaban J connectivity index is 0.00000172. The summed E-state index contributed by atoms with van der Waals surface area (Å²) in [4.78, 5) is 33.6. The molecular formula is C30H37N7O2. The molecule has 0 aliphatic carbocycles. The molecule has 4 aromatic rings. The third-order valence-corrected chi connectivity index (χ3v) is 6.73. The largest absolute Gasteiger partial charge is 0.369 e. The van der Waals surface area contributed by atoms with Crippen LogP contribution in [0.2, 0.25) is 0 Å². The molecular weight excluding hydrogens is 490 g/mol. The van der Waals surface area contributed by atoms with Gasteiger partial charge in [0.1, 0.15) is 5.82 Å². The van der Waals surface area contributed by atoms with Crippen LogP contribution in [0.15, 0.2) is 73.1 Å². The van der Waals surface area contributed by atoms with Crippen molar-refractivity contribution in [1.82, 2.24) is 20.2 Å². The zero-order valence-electron chi connectivity index (χ0n) is 23.2. The maximum atomic E-state index is 12.9. The molecule has 1 aliphatic heterocycles. The minimum atomic E-state index is -0.204. The molecule has 204 valence electrons. The number of piperazine rings is 1. The number of pyridine rings is 1. The number of hydrogen-bond donors (Lipinski definition) is 3. The lowest BCUT2D eigenvalue weighted by molar-refractivity contribution is 0.102. The first-order valence-electron chi connectivity index (χ1n) is 13.4. The molecule has 3 heterocycles. The molecule has 0 radical (unpaired) electrons. The summed E-state index contributed by atoms with van der Waals surface area (Å²) in [7, 11) is 3.56. The molecule has 0 saturated carbocycles. The van der Waals surface area contributed by atoms with E-state index in [0.29, 0.717) is 17.4 Å². The summed E-state index contributed by atoms with van der Waals surface area (Å²) in [5, 5.41) is 9.96. The number of amides is 2. The van der Waals surface area contributed by atoms with Crippen molar-refractivity contribution in [3.05, 3.63) is 78.6 Å². The number of hydrogen-bond acceptors (Lipinski definition) is 6. The van der Waals surface area contributed by atoms with Gasteiger partial charge >= 0.3 is 6.03 Å². The molecule has 1 unspecified atom stereocenters. The Kier molecular flexibility index (Phi) is 8.83. The SMILES string of the molecule is CC.CNC(=O)n1ccc2cc(N(C)c3ccnc(NC(=O)c4ccc(N5CCNC(C)C5)cc4)c3)ccc21. The van der Waals surface area contributed by atoms with Crippen molar-refractivity contribution in [3.8, 4) is 0 Å². The highest BCUT2D eigenvalue weighted by atomic mass is 16.2. The normalized spacial score (nSPS) is 14.8. The second kappa shape index (κ2) is 12.4. The molecule has 2 aromatic carbocycles. The lowest BCUT2D eigenvalue weighted by Gasteiger charge is -2.33. The number of fused-ring (bicyclic) bond motifs is 1. The van der Waals surface area contributed by atoms with Crippen molar-refractivity contribution in [2.45, 2.75) is 26.8 Å². The molecule has 9 nitrogen and oxygen atoms in total. The van der Waals surface area contributed by atoms with E-state index in [2.05, 4.69) is 32.8 Å². The number of rotatable bonds is 5.